The maximum absolute atomic E-state index is 13.3. The summed E-state index contributed by atoms with van der Waals surface area (Å²) in [5, 5.41) is 8.89. The molecule has 1 atom stereocenters. The molecule has 0 radical (unpaired) electrons. The zero-order chi connectivity index (χ0) is 13.8. The molecule has 3 rings (SSSR count). The average molecular weight is 288 g/mol. The molecule has 0 saturated heterocycles. The third-order valence-electron chi connectivity index (χ3n) is 2.97. The monoisotopic (exact) mass is 287 g/mol. The van der Waals surface area contributed by atoms with Crippen molar-refractivity contribution in [2.45, 2.75) is 5.92 Å². The van der Waals surface area contributed by atoms with Crippen LogP contribution in [0.25, 0.3) is 17.4 Å². The number of imidazole rings is 1. The fourth-order valence-corrected chi connectivity index (χ4v) is 2.11. The van der Waals surface area contributed by atoms with Gasteiger partial charge in [0.25, 0.3) is 5.92 Å². The highest BCUT2D eigenvalue weighted by Gasteiger charge is 2.63. The SMILES string of the molecule is Nc1nc(Cl)c2ncn(/C=C3\C(CO)C3(F)F)c2n1. The quantitative estimate of drug-likeness (QED) is 0.809. The summed E-state index contributed by atoms with van der Waals surface area (Å²) in [4.78, 5) is 11.6. The van der Waals surface area contributed by atoms with Crippen LogP contribution in [0.4, 0.5) is 14.7 Å². The fourth-order valence-electron chi connectivity index (χ4n) is 1.89. The van der Waals surface area contributed by atoms with Crippen LogP contribution < -0.4 is 5.73 Å². The molecule has 1 aliphatic carbocycles. The van der Waals surface area contributed by atoms with Crippen LogP contribution in [-0.4, -0.2) is 37.2 Å². The number of aliphatic hydroxyl groups excluding tert-OH is 1. The lowest BCUT2D eigenvalue weighted by Gasteiger charge is -1.97. The van der Waals surface area contributed by atoms with Gasteiger partial charge >= 0.3 is 0 Å². The number of anilines is 1. The highest BCUT2D eigenvalue weighted by Crippen LogP contribution is 2.54. The Balaban J connectivity index is 2.11. The number of alkyl halides is 2. The van der Waals surface area contributed by atoms with Crippen molar-refractivity contribution in [3.8, 4) is 0 Å². The Morgan fingerprint density at radius 1 is 1.53 bits per heavy atom. The molecule has 1 unspecified atom stereocenters. The first-order chi connectivity index (χ1) is 8.95. The van der Waals surface area contributed by atoms with E-state index in [1.54, 1.807) is 0 Å². The third-order valence-corrected chi connectivity index (χ3v) is 3.24. The molecule has 2 aromatic heterocycles. The molecular formula is C10H8ClF2N5O. The van der Waals surface area contributed by atoms with Crippen LogP contribution in [0.1, 0.15) is 0 Å². The zero-order valence-corrected chi connectivity index (χ0v) is 10.1. The summed E-state index contributed by atoms with van der Waals surface area (Å²) in [6, 6.07) is 0. The van der Waals surface area contributed by atoms with Crippen LogP contribution in [-0.2, 0) is 0 Å². The highest BCUT2D eigenvalue weighted by atomic mass is 35.5. The highest BCUT2D eigenvalue weighted by molar-refractivity contribution is 6.33. The van der Waals surface area contributed by atoms with E-state index in [1.807, 2.05) is 0 Å². The fraction of sp³-hybridized carbons (Fsp3) is 0.300. The van der Waals surface area contributed by atoms with Crippen molar-refractivity contribution in [3.63, 3.8) is 0 Å². The van der Waals surface area contributed by atoms with Crippen molar-refractivity contribution in [1.82, 2.24) is 19.5 Å². The van der Waals surface area contributed by atoms with E-state index in [9.17, 15) is 8.78 Å². The minimum atomic E-state index is -2.99. The smallest absolute Gasteiger partial charge is 0.280 e. The van der Waals surface area contributed by atoms with Crippen molar-refractivity contribution in [1.29, 1.82) is 0 Å². The van der Waals surface area contributed by atoms with Crippen LogP contribution in [0.3, 0.4) is 0 Å². The first-order valence-electron chi connectivity index (χ1n) is 5.31. The summed E-state index contributed by atoms with van der Waals surface area (Å²) in [6.07, 6.45) is 2.47. The van der Waals surface area contributed by atoms with E-state index in [1.165, 1.54) is 17.1 Å². The maximum atomic E-state index is 13.3. The second-order valence-corrected chi connectivity index (χ2v) is 4.50. The van der Waals surface area contributed by atoms with Gasteiger partial charge in [0.1, 0.15) is 11.8 Å². The average Bonchev–Trinajstić information content (AvgIpc) is 2.67. The lowest BCUT2D eigenvalue weighted by atomic mass is 10.4. The summed E-state index contributed by atoms with van der Waals surface area (Å²) in [5.74, 6) is -4.22. The van der Waals surface area contributed by atoms with E-state index in [0.29, 0.717) is 0 Å². The molecule has 0 spiro atoms. The van der Waals surface area contributed by atoms with E-state index in [0.717, 1.165) is 0 Å². The van der Waals surface area contributed by atoms with E-state index < -0.39 is 18.4 Å². The van der Waals surface area contributed by atoms with Crippen molar-refractivity contribution in [2.24, 2.45) is 5.92 Å². The van der Waals surface area contributed by atoms with Crippen LogP contribution in [0.15, 0.2) is 11.9 Å². The molecule has 0 aromatic carbocycles. The summed E-state index contributed by atoms with van der Waals surface area (Å²) in [5.41, 5.74) is 5.79. The number of hydrogen-bond donors (Lipinski definition) is 2. The van der Waals surface area contributed by atoms with Crippen molar-refractivity contribution >= 4 is 34.9 Å². The standard InChI is InChI=1S/C10H8ClF2N5O/c11-7-6-8(17-9(14)16-7)18(3-15-6)1-4-5(2-19)10(4,12)13/h1,3,5,19H,2H2,(H2,14,16,17)/b4-1+. The van der Waals surface area contributed by atoms with Crippen molar-refractivity contribution in [3.05, 3.63) is 17.1 Å². The molecule has 6 nitrogen and oxygen atoms in total. The number of fused-ring (bicyclic) bond motifs is 1. The van der Waals surface area contributed by atoms with E-state index in [2.05, 4.69) is 15.0 Å². The van der Waals surface area contributed by atoms with E-state index >= 15 is 0 Å². The van der Waals surface area contributed by atoms with Crippen molar-refractivity contribution < 1.29 is 13.9 Å². The molecular weight excluding hydrogens is 280 g/mol. The minimum absolute atomic E-state index is 0.0564. The van der Waals surface area contributed by atoms with Gasteiger partial charge in [0, 0.05) is 11.8 Å². The van der Waals surface area contributed by atoms with Gasteiger partial charge in [-0.2, -0.15) is 9.97 Å². The number of nitrogens with zero attached hydrogens (tertiary/aromatic N) is 4. The Morgan fingerprint density at radius 2 is 2.26 bits per heavy atom. The number of hydrogen-bond acceptors (Lipinski definition) is 5. The van der Waals surface area contributed by atoms with E-state index in [4.69, 9.17) is 22.4 Å². The molecule has 100 valence electrons. The number of nitrogen functional groups attached to an aromatic ring is 1. The Kier molecular flexibility index (Phi) is 2.48. The summed E-state index contributed by atoms with van der Waals surface area (Å²) in [6.45, 7) is -0.608. The van der Waals surface area contributed by atoms with Gasteiger partial charge in [0.2, 0.25) is 5.95 Å². The lowest BCUT2D eigenvalue weighted by Crippen LogP contribution is -1.97. The number of nitrogens with two attached hydrogens (primary N) is 1. The molecule has 3 N–H and O–H groups in total. The number of halogens is 3. The topological polar surface area (TPSA) is 89.8 Å². The molecule has 2 heterocycles. The molecule has 19 heavy (non-hydrogen) atoms. The lowest BCUT2D eigenvalue weighted by molar-refractivity contribution is 0.0890. The van der Waals surface area contributed by atoms with Crippen LogP contribution in [0.2, 0.25) is 5.15 Å². The van der Waals surface area contributed by atoms with Gasteiger partial charge in [0.15, 0.2) is 10.8 Å². The first kappa shape index (κ1) is 12.2. The largest absolute Gasteiger partial charge is 0.395 e. The van der Waals surface area contributed by atoms with Crippen LogP contribution in [0, 0.1) is 5.92 Å². The molecule has 2 aromatic rings. The van der Waals surface area contributed by atoms with Gasteiger partial charge in [0.05, 0.1) is 12.5 Å². The van der Waals surface area contributed by atoms with Gasteiger partial charge in [-0.3, -0.25) is 4.57 Å². The van der Waals surface area contributed by atoms with Gasteiger partial charge in [-0.05, 0) is 0 Å². The molecule has 1 fully saturated rings. The van der Waals surface area contributed by atoms with Crippen molar-refractivity contribution in [2.75, 3.05) is 12.3 Å². The maximum Gasteiger partial charge on any atom is 0.280 e. The number of aromatic nitrogens is 4. The van der Waals surface area contributed by atoms with Gasteiger partial charge in [-0.1, -0.05) is 11.6 Å². The van der Waals surface area contributed by atoms with Crippen LogP contribution >= 0.6 is 11.6 Å². The first-order valence-corrected chi connectivity index (χ1v) is 5.69. The molecule has 1 saturated carbocycles. The Hall–Kier alpha value is -1.80. The second-order valence-electron chi connectivity index (χ2n) is 4.14. The third kappa shape index (κ3) is 1.75. The predicted octanol–water partition coefficient (Wildman–Crippen LogP) is 1.16. The molecule has 0 amide bonds. The Labute approximate surface area is 110 Å². The molecule has 9 heteroatoms. The number of rotatable bonds is 2. The molecule has 0 aliphatic heterocycles. The normalized spacial score (nSPS) is 23.2. The Bertz CT molecular complexity index is 699. The zero-order valence-electron chi connectivity index (χ0n) is 9.39. The van der Waals surface area contributed by atoms with Crippen LogP contribution in [0.5, 0.6) is 0 Å². The van der Waals surface area contributed by atoms with Gasteiger partial charge in [-0.15, -0.1) is 0 Å². The van der Waals surface area contributed by atoms with Gasteiger partial charge in [-0.25, -0.2) is 13.8 Å². The minimum Gasteiger partial charge on any atom is -0.395 e. The summed E-state index contributed by atoms with van der Waals surface area (Å²) < 4.78 is 27.8. The molecule has 1 aliphatic rings. The second kappa shape index (κ2) is 3.84. The molecule has 0 bridgehead atoms. The van der Waals surface area contributed by atoms with Gasteiger partial charge < -0.3 is 10.8 Å². The Morgan fingerprint density at radius 3 is 2.89 bits per heavy atom. The predicted molar refractivity (Wildman–Crippen MR) is 64.5 cm³/mol. The number of aliphatic hydroxyl groups is 1. The summed E-state index contributed by atoms with van der Waals surface area (Å²) in [7, 11) is 0. The van der Waals surface area contributed by atoms with E-state index in [-0.39, 0.29) is 27.8 Å². The summed E-state index contributed by atoms with van der Waals surface area (Å²) >= 11 is 5.82.